The number of carbonyl (C=O) groups is 1. The van der Waals surface area contributed by atoms with Crippen molar-refractivity contribution in [2.24, 2.45) is 0 Å². The van der Waals surface area contributed by atoms with Crippen LogP contribution in [-0.2, 0) is 23.7 Å². The molecule has 2 saturated heterocycles. The lowest BCUT2D eigenvalue weighted by Gasteiger charge is -2.46. The summed E-state index contributed by atoms with van der Waals surface area (Å²) >= 11 is 0. The summed E-state index contributed by atoms with van der Waals surface area (Å²) in [6, 6.07) is -0.908. The highest BCUT2D eigenvalue weighted by atomic mass is 16.7. The van der Waals surface area contributed by atoms with Crippen molar-refractivity contribution >= 4 is 5.91 Å². The van der Waals surface area contributed by atoms with E-state index in [9.17, 15) is 45.6 Å². The molecule has 0 aromatic carbocycles. The zero-order valence-corrected chi connectivity index (χ0v) is 42.9. The maximum atomic E-state index is 13.2. The van der Waals surface area contributed by atoms with Crippen molar-refractivity contribution in [1.29, 1.82) is 0 Å². The van der Waals surface area contributed by atoms with Crippen molar-refractivity contribution in [2.75, 3.05) is 19.8 Å². The van der Waals surface area contributed by atoms with Gasteiger partial charge in [0, 0.05) is 6.42 Å². The molecule has 1 amide bonds. The van der Waals surface area contributed by atoms with E-state index in [1.165, 1.54) is 167 Å². The van der Waals surface area contributed by atoms with E-state index in [4.69, 9.17) is 18.9 Å². The molecule has 402 valence electrons. The Kier molecular flexibility index (Phi) is 38.1. The van der Waals surface area contributed by atoms with E-state index in [2.05, 4.69) is 19.2 Å². The summed E-state index contributed by atoms with van der Waals surface area (Å²) in [5.41, 5.74) is 0. The third-order valence-electron chi connectivity index (χ3n) is 14.0. The van der Waals surface area contributed by atoms with Crippen LogP contribution in [0.1, 0.15) is 232 Å². The van der Waals surface area contributed by atoms with Crippen molar-refractivity contribution in [3.05, 3.63) is 12.2 Å². The Morgan fingerprint density at radius 3 is 1.35 bits per heavy atom. The third kappa shape index (κ3) is 27.5. The summed E-state index contributed by atoms with van der Waals surface area (Å²) in [6.07, 6.45) is 28.2. The van der Waals surface area contributed by atoms with Crippen LogP contribution in [0, 0.1) is 0 Å². The largest absolute Gasteiger partial charge is 0.394 e. The second-order valence-electron chi connectivity index (χ2n) is 20.1. The minimum Gasteiger partial charge on any atom is -0.394 e. The van der Waals surface area contributed by atoms with Gasteiger partial charge in [0.05, 0.1) is 32.0 Å². The predicted molar refractivity (Wildman–Crippen MR) is 268 cm³/mol. The SMILES string of the molecule is CCCCCCCCCCCCC/C=C/[C@H](O)[C@@H](CO[C@@H]1O[C@H](CO)[C@H](O[C@@H]2O[C@H](CO)[C@H](O)[C@H](O)[C@H]2O)[C@H](O)[C@H]1O)NC(=O)CCCCCCCCCCCCCCCCCCCCCCC. The number of unbranched alkanes of at least 4 members (excludes halogenated alkanes) is 31. The van der Waals surface area contributed by atoms with Crippen LogP contribution in [-0.4, -0.2) is 140 Å². The van der Waals surface area contributed by atoms with Gasteiger partial charge in [0.2, 0.25) is 5.91 Å². The summed E-state index contributed by atoms with van der Waals surface area (Å²) in [7, 11) is 0. The molecule has 0 radical (unpaired) electrons. The Morgan fingerprint density at radius 2 is 0.912 bits per heavy atom. The molecule has 0 aliphatic carbocycles. The summed E-state index contributed by atoms with van der Waals surface area (Å²) in [5.74, 6) is -0.236. The van der Waals surface area contributed by atoms with E-state index in [0.29, 0.717) is 6.42 Å². The Morgan fingerprint density at radius 1 is 0.515 bits per heavy atom. The van der Waals surface area contributed by atoms with E-state index >= 15 is 0 Å². The molecule has 0 aromatic heterocycles. The van der Waals surface area contributed by atoms with Crippen molar-refractivity contribution in [1.82, 2.24) is 5.32 Å². The average molecular weight is 974 g/mol. The molecule has 12 atom stereocenters. The van der Waals surface area contributed by atoms with Crippen LogP contribution in [0.25, 0.3) is 0 Å². The van der Waals surface area contributed by atoms with E-state index in [0.717, 1.165) is 38.5 Å². The molecule has 0 aromatic rings. The van der Waals surface area contributed by atoms with E-state index < -0.39 is 86.8 Å². The first-order chi connectivity index (χ1) is 33.1. The predicted octanol–water partition coefficient (Wildman–Crippen LogP) is 8.33. The van der Waals surface area contributed by atoms with Gasteiger partial charge in [-0.1, -0.05) is 219 Å². The molecular weight excluding hydrogens is 871 g/mol. The Balaban J connectivity index is 1.77. The third-order valence-corrected chi connectivity index (χ3v) is 14.0. The molecule has 2 aliphatic heterocycles. The highest BCUT2D eigenvalue weighted by molar-refractivity contribution is 5.76. The molecule has 2 rings (SSSR count). The lowest BCUT2D eigenvalue weighted by Crippen LogP contribution is -2.65. The fourth-order valence-electron chi connectivity index (χ4n) is 9.41. The summed E-state index contributed by atoms with van der Waals surface area (Å²) in [4.78, 5) is 13.2. The topological polar surface area (TPSA) is 228 Å². The van der Waals surface area contributed by atoms with Gasteiger partial charge in [0.25, 0.3) is 0 Å². The summed E-state index contributed by atoms with van der Waals surface area (Å²) < 4.78 is 22.7. The van der Waals surface area contributed by atoms with Crippen LogP contribution in [0.3, 0.4) is 0 Å². The minimum absolute atomic E-state index is 0.236. The monoisotopic (exact) mass is 974 g/mol. The maximum Gasteiger partial charge on any atom is 0.220 e. The highest BCUT2D eigenvalue weighted by Gasteiger charge is 2.51. The Bertz CT molecular complexity index is 1200. The zero-order chi connectivity index (χ0) is 49.6. The quantitative estimate of drug-likeness (QED) is 0.0207. The van der Waals surface area contributed by atoms with Crippen LogP contribution >= 0.6 is 0 Å². The number of aliphatic hydroxyl groups is 8. The number of allylic oxidation sites excluding steroid dienone is 1. The smallest absolute Gasteiger partial charge is 0.220 e. The molecule has 14 heteroatoms. The Labute approximate surface area is 412 Å². The van der Waals surface area contributed by atoms with Gasteiger partial charge in [-0.3, -0.25) is 4.79 Å². The van der Waals surface area contributed by atoms with Gasteiger partial charge in [-0.2, -0.15) is 0 Å². The standard InChI is InChI=1S/C54H103NO13/c1-3-5-7-9-11-13-15-17-18-19-20-21-22-23-24-26-28-30-32-34-36-38-46(59)55-42(43(58)37-35-33-31-29-27-25-16-14-12-10-8-6-4-2)41-65-53-51(64)49(62)52(45(40-57)67-53)68-54-50(63)48(61)47(60)44(39-56)66-54/h35,37,42-45,47-54,56-58,60-64H,3-34,36,38-41H2,1-2H3,(H,55,59)/b37-35+/t42-,43+,44-,45-,47+,48+,49-,50-,51-,52+,53-,54+/m1/s1. The van der Waals surface area contributed by atoms with Gasteiger partial charge >= 0.3 is 0 Å². The molecule has 2 fully saturated rings. The summed E-state index contributed by atoms with van der Waals surface area (Å²) in [5, 5.41) is 86.9. The van der Waals surface area contributed by atoms with E-state index in [-0.39, 0.29) is 18.9 Å². The van der Waals surface area contributed by atoms with E-state index in [1.54, 1.807) is 6.08 Å². The number of aliphatic hydroxyl groups excluding tert-OH is 8. The lowest BCUT2D eigenvalue weighted by atomic mass is 9.97. The number of carbonyl (C=O) groups excluding carboxylic acids is 1. The fourth-order valence-corrected chi connectivity index (χ4v) is 9.41. The highest BCUT2D eigenvalue weighted by Crippen LogP contribution is 2.30. The number of hydrogen-bond acceptors (Lipinski definition) is 13. The first kappa shape index (κ1) is 62.8. The van der Waals surface area contributed by atoms with Gasteiger partial charge in [0.1, 0.15) is 48.8 Å². The number of nitrogens with one attached hydrogen (secondary N) is 1. The second-order valence-corrected chi connectivity index (χ2v) is 20.1. The number of hydrogen-bond donors (Lipinski definition) is 9. The summed E-state index contributed by atoms with van der Waals surface area (Å²) in [6.45, 7) is 2.81. The van der Waals surface area contributed by atoms with Crippen LogP contribution in [0.2, 0.25) is 0 Å². The molecule has 14 nitrogen and oxygen atoms in total. The molecular formula is C54H103NO13. The first-order valence-electron chi connectivity index (χ1n) is 27.9. The lowest BCUT2D eigenvalue weighted by molar-refractivity contribution is -0.359. The molecule has 2 heterocycles. The maximum absolute atomic E-state index is 13.2. The number of ether oxygens (including phenoxy) is 4. The second kappa shape index (κ2) is 41.2. The first-order valence-corrected chi connectivity index (χ1v) is 27.9. The van der Waals surface area contributed by atoms with Crippen LogP contribution in [0.4, 0.5) is 0 Å². The molecule has 9 N–H and O–H groups in total. The molecule has 0 spiro atoms. The van der Waals surface area contributed by atoms with Gasteiger partial charge in [-0.15, -0.1) is 0 Å². The molecule has 2 aliphatic rings. The minimum atomic E-state index is -1.78. The number of rotatable bonds is 44. The Hall–Kier alpha value is -1.27. The van der Waals surface area contributed by atoms with Crippen LogP contribution < -0.4 is 5.32 Å². The number of amides is 1. The van der Waals surface area contributed by atoms with Gasteiger partial charge in [-0.25, -0.2) is 0 Å². The van der Waals surface area contributed by atoms with Gasteiger partial charge in [0.15, 0.2) is 12.6 Å². The van der Waals surface area contributed by atoms with Crippen molar-refractivity contribution in [3.8, 4) is 0 Å². The average Bonchev–Trinajstić information content (AvgIpc) is 3.34. The van der Waals surface area contributed by atoms with Gasteiger partial charge < -0.3 is 65.1 Å². The fraction of sp³-hybridized carbons (Fsp3) is 0.944. The molecule has 0 bridgehead atoms. The van der Waals surface area contributed by atoms with E-state index in [1.807, 2.05) is 6.08 Å². The molecule has 0 saturated carbocycles. The normalized spacial score (nSPS) is 26.4. The van der Waals surface area contributed by atoms with Crippen LogP contribution in [0.15, 0.2) is 12.2 Å². The van der Waals surface area contributed by atoms with Gasteiger partial charge in [-0.05, 0) is 19.3 Å². The van der Waals surface area contributed by atoms with Crippen LogP contribution in [0.5, 0.6) is 0 Å². The van der Waals surface area contributed by atoms with Crippen molar-refractivity contribution in [3.63, 3.8) is 0 Å². The van der Waals surface area contributed by atoms with Crippen molar-refractivity contribution < 1.29 is 64.6 Å². The zero-order valence-electron chi connectivity index (χ0n) is 42.9. The van der Waals surface area contributed by atoms with Crippen molar-refractivity contribution in [2.45, 2.75) is 306 Å². The molecule has 68 heavy (non-hydrogen) atoms. The molecule has 0 unspecified atom stereocenters.